The van der Waals surface area contributed by atoms with Gasteiger partial charge in [0.2, 0.25) is 0 Å². The van der Waals surface area contributed by atoms with Crippen molar-refractivity contribution in [3.63, 3.8) is 0 Å². The molecule has 0 radical (unpaired) electrons. The van der Waals surface area contributed by atoms with Crippen molar-refractivity contribution in [2.24, 2.45) is 0 Å². The van der Waals surface area contributed by atoms with E-state index in [0.717, 1.165) is 41.8 Å². The van der Waals surface area contributed by atoms with Crippen LogP contribution in [0.1, 0.15) is 6.42 Å². The summed E-state index contributed by atoms with van der Waals surface area (Å²) >= 11 is 6.93. The molecule has 1 aliphatic rings. The molecule has 0 saturated carbocycles. The Labute approximate surface area is 119 Å². The molecule has 1 aromatic rings. The van der Waals surface area contributed by atoms with Gasteiger partial charge in [-0.25, -0.2) is 4.98 Å². The van der Waals surface area contributed by atoms with Gasteiger partial charge in [-0.15, -0.1) is 0 Å². The minimum absolute atomic E-state index is 1.04. The zero-order valence-electron chi connectivity index (χ0n) is 9.78. The maximum atomic E-state index is 4.47. The smallest absolute Gasteiger partial charge is 0.128 e. The molecule has 1 saturated heterocycles. The predicted octanol–water partition coefficient (Wildman–Crippen LogP) is 2.75. The summed E-state index contributed by atoms with van der Waals surface area (Å²) in [5.74, 6) is 1.09. The van der Waals surface area contributed by atoms with Gasteiger partial charge in [0.15, 0.2) is 0 Å². The second kappa shape index (κ2) is 6.71. The Kier molecular flexibility index (Phi) is 5.25. The average Bonchev–Trinajstić information content (AvgIpc) is 2.56. The van der Waals surface area contributed by atoms with Gasteiger partial charge in [0.25, 0.3) is 0 Å². The normalized spacial score (nSPS) is 18.1. The number of hydrogen-bond acceptors (Lipinski definition) is 3. The molecular weight excluding hydrogens is 346 g/mol. The summed E-state index contributed by atoms with van der Waals surface area (Å²) in [4.78, 5) is 9.35. The van der Waals surface area contributed by atoms with Crippen molar-refractivity contribution in [2.75, 3.05) is 43.0 Å². The lowest BCUT2D eigenvalue weighted by atomic mass is 10.3. The van der Waals surface area contributed by atoms with Crippen LogP contribution in [-0.2, 0) is 0 Å². The molecule has 1 aliphatic heterocycles. The Morgan fingerprint density at radius 2 is 2.06 bits per heavy atom. The molecule has 0 amide bonds. The summed E-state index contributed by atoms with van der Waals surface area (Å²) in [7, 11) is 0. The fraction of sp³-hybridized carbons (Fsp3) is 0.583. The van der Waals surface area contributed by atoms with Gasteiger partial charge in [-0.1, -0.05) is 15.9 Å². The van der Waals surface area contributed by atoms with E-state index in [1.54, 1.807) is 0 Å². The number of nitrogens with zero attached hydrogens (tertiary/aromatic N) is 3. The highest BCUT2D eigenvalue weighted by molar-refractivity contribution is 9.10. The van der Waals surface area contributed by atoms with Crippen molar-refractivity contribution in [2.45, 2.75) is 6.42 Å². The molecule has 94 valence electrons. The Morgan fingerprint density at radius 3 is 2.76 bits per heavy atom. The van der Waals surface area contributed by atoms with Gasteiger partial charge < -0.3 is 9.80 Å². The second-order valence-electron chi connectivity index (χ2n) is 4.21. The highest BCUT2D eigenvalue weighted by Gasteiger charge is 2.15. The van der Waals surface area contributed by atoms with Crippen LogP contribution in [-0.4, -0.2) is 47.9 Å². The highest BCUT2D eigenvalue weighted by atomic mass is 79.9. The van der Waals surface area contributed by atoms with Gasteiger partial charge in [0.05, 0.1) is 0 Å². The molecule has 0 N–H and O–H groups in total. The van der Waals surface area contributed by atoms with E-state index >= 15 is 0 Å². The quantitative estimate of drug-likeness (QED) is 0.770. The lowest BCUT2D eigenvalue weighted by Crippen LogP contribution is -2.32. The van der Waals surface area contributed by atoms with Crippen molar-refractivity contribution in [1.29, 1.82) is 0 Å². The molecular formula is C12H17Br2N3. The van der Waals surface area contributed by atoms with Gasteiger partial charge in [-0.2, -0.15) is 0 Å². The number of pyridine rings is 1. The zero-order chi connectivity index (χ0) is 12.1. The summed E-state index contributed by atoms with van der Waals surface area (Å²) in [6, 6.07) is 4.15. The van der Waals surface area contributed by atoms with Gasteiger partial charge in [-0.3, -0.25) is 0 Å². The third-order valence-corrected chi connectivity index (χ3v) is 3.85. The Balaban J connectivity index is 1.96. The van der Waals surface area contributed by atoms with E-state index in [2.05, 4.69) is 58.8 Å². The molecule has 3 nitrogen and oxygen atoms in total. The first-order valence-electron chi connectivity index (χ1n) is 5.94. The largest absolute Gasteiger partial charge is 0.355 e. The molecule has 5 heteroatoms. The molecule has 2 heterocycles. The molecule has 0 spiro atoms. The number of hydrogen-bond donors (Lipinski definition) is 0. The summed E-state index contributed by atoms with van der Waals surface area (Å²) in [5, 5.41) is 1.06. The fourth-order valence-corrected chi connectivity index (χ4v) is 2.83. The third-order valence-electron chi connectivity index (χ3n) is 3.03. The van der Waals surface area contributed by atoms with Crippen LogP contribution < -0.4 is 4.90 Å². The topological polar surface area (TPSA) is 19.4 Å². The van der Waals surface area contributed by atoms with Gasteiger partial charge >= 0.3 is 0 Å². The molecule has 1 fully saturated rings. The molecule has 0 aromatic carbocycles. The first-order chi connectivity index (χ1) is 8.29. The van der Waals surface area contributed by atoms with E-state index in [0.29, 0.717) is 0 Å². The molecule has 0 atom stereocenters. The van der Waals surface area contributed by atoms with Crippen molar-refractivity contribution < 1.29 is 0 Å². The minimum Gasteiger partial charge on any atom is -0.355 e. The Bertz CT molecular complexity index is 342. The van der Waals surface area contributed by atoms with Crippen LogP contribution in [0.25, 0.3) is 0 Å². The van der Waals surface area contributed by atoms with E-state index in [1.807, 2.05) is 6.20 Å². The van der Waals surface area contributed by atoms with E-state index in [-0.39, 0.29) is 0 Å². The lowest BCUT2D eigenvalue weighted by molar-refractivity contribution is 0.313. The number of anilines is 1. The summed E-state index contributed by atoms with van der Waals surface area (Å²) in [6.45, 7) is 5.64. The van der Waals surface area contributed by atoms with Crippen LogP contribution in [0.3, 0.4) is 0 Å². The molecule has 2 rings (SSSR count). The molecule has 17 heavy (non-hydrogen) atoms. The van der Waals surface area contributed by atoms with Crippen LogP contribution >= 0.6 is 31.9 Å². The van der Waals surface area contributed by atoms with Crippen LogP contribution in [0.4, 0.5) is 5.82 Å². The highest BCUT2D eigenvalue weighted by Crippen LogP contribution is 2.16. The zero-order valence-corrected chi connectivity index (χ0v) is 13.0. The van der Waals surface area contributed by atoms with E-state index < -0.39 is 0 Å². The van der Waals surface area contributed by atoms with E-state index in [4.69, 9.17) is 0 Å². The maximum absolute atomic E-state index is 4.47. The molecule has 0 aliphatic carbocycles. The summed E-state index contributed by atoms with van der Waals surface area (Å²) < 4.78 is 1.04. The number of rotatable bonds is 3. The van der Waals surface area contributed by atoms with Gasteiger partial charge in [0.1, 0.15) is 5.82 Å². The van der Waals surface area contributed by atoms with Crippen LogP contribution in [0, 0.1) is 0 Å². The monoisotopic (exact) mass is 361 g/mol. The lowest BCUT2D eigenvalue weighted by Gasteiger charge is -2.22. The summed E-state index contributed by atoms with van der Waals surface area (Å²) in [5.41, 5.74) is 0. The van der Waals surface area contributed by atoms with Crippen molar-refractivity contribution in [3.8, 4) is 0 Å². The minimum atomic E-state index is 1.04. The number of halogens is 2. The van der Waals surface area contributed by atoms with Crippen LogP contribution in [0.2, 0.25) is 0 Å². The van der Waals surface area contributed by atoms with E-state index in [9.17, 15) is 0 Å². The fourth-order valence-electron chi connectivity index (χ4n) is 2.10. The van der Waals surface area contributed by atoms with E-state index in [1.165, 1.54) is 13.0 Å². The molecule has 0 bridgehead atoms. The van der Waals surface area contributed by atoms with Crippen molar-refractivity contribution in [3.05, 3.63) is 22.8 Å². The first-order valence-corrected chi connectivity index (χ1v) is 7.86. The van der Waals surface area contributed by atoms with Gasteiger partial charge in [0, 0.05) is 42.2 Å². The predicted molar refractivity (Wildman–Crippen MR) is 79.0 cm³/mol. The Morgan fingerprint density at radius 1 is 1.18 bits per heavy atom. The average molecular weight is 363 g/mol. The van der Waals surface area contributed by atoms with Gasteiger partial charge in [-0.05, 0) is 41.0 Å². The van der Waals surface area contributed by atoms with Crippen LogP contribution in [0.15, 0.2) is 22.8 Å². The third kappa shape index (κ3) is 3.93. The van der Waals surface area contributed by atoms with Crippen LogP contribution in [0.5, 0.6) is 0 Å². The van der Waals surface area contributed by atoms with Crippen molar-refractivity contribution >= 4 is 37.7 Å². The number of aromatic nitrogens is 1. The second-order valence-corrected chi connectivity index (χ2v) is 5.91. The molecule has 0 unspecified atom stereocenters. The standard InChI is InChI=1S/C12H17Br2N3/c13-4-7-16-5-1-6-17(9-8-16)12-3-2-11(14)10-15-12/h2-3,10H,1,4-9H2. The number of alkyl halides is 1. The first kappa shape index (κ1) is 13.3. The molecule has 1 aromatic heterocycles. The van der Waals surface area contributed by atoms with Crippen molar-refractivity contribution in [1.82, 2.24) is 9.88 Å². The maximum Gasteiger partial charge on any atom is 0.128 e. The SMILES string of the molecule is BrCCN1CCCN(c2ccc(Br)cn2)CC1. The Hall–Kier alpha value is -0.130. The summed E-state index contributed by atoms with van der Waals surface area (Å²) in [6.07, 6.45) is 3.08.